The Balaban J connectivity index is 1.94. The molecule has 0 N–H and O–H groups in total. The lowest BCUT2D eigenvalue weighted by molar-refractivity contribution is -0.171. The fourth-order valence-electron chi connectivity index (χ4n) is 1.93. The number of hydrogen-bond donors (Lipinski definition) is 0. The van der Waals surface area contributed by atoms with Crippen LogP contribution in [0.3, 0.4) is 0 Å². The highest BCUT2D eigenvalue weighted by molar-refractivity contribution is 5.82. The van der Waals surface area contributed by atoms with Crippen molar-refractivity contribution in [3.63, 3.8) is 0 Å². The molecule has 0 saturated carbocycles. The van der Waals surface area contributed by atoms with Gasteiger partial charge in [0.05, 0.1) is 13.0 Å². The van der Waals surface area contributed by atoms with Gasteiger partial charge in [0.2, 0.25) is 0 Å². The molecule has 16 heavy (non-hydrogen) atoms. The van der Waals surface area contributed by atoms with Crippen LogP contribution >= 0.6 is 0 Å². The molecule has 0 aliphatic carbocycles. The van der Waals surface area contributed by atoms with Crippen LogP contribution in [-0.2, 0) is 20.7 Å². The van der Waals surface area contributed by atoms with Crippen LogP contribution in [0.2, 0.25) is 0 Å². The highest BCUT2D eigenvalue weighted by atomic mass is 16.7. The van der Waals surface area contributed by atoms with Gasteiger partial charge >= 0.3 is 0 Å². The van der Waals surface area contributed by atoms with Gasteiger partial charge in [-0.05, 0) is 12.0 Å². The summed E-state index contributed by atoms with van der Waals surface area (Å²) in [6.45, 7) is 0.465. The van der Waals surface area contributed by atoms with E-state index in [1.54, 1.807) is 7.11 Å². The van der Waals surface area contributed by atoms with Crippen molar-refractivity contribution in [1.29, 1.82) is 0 Å². The van der Waals surface area contributed by atoms with Gasteiger partial charge in [0.1, 0.15) is 5.78 Å². The van der Waals surface area contributed by atoms with Gasteiger partial charge in [-0.1, -0.05) is 30.3 Å². The van der Waals surface area contributed by atoms with Crippen molar-refractivity contribution >= 4 is 5.78 Å². The SMILES string of the molecule is CO[C@@H]1CC(=O)[C@H](Cc2ccccc2)CO1. The summed E-state index contributed by atoms with van der Waals surface area (Å²) >= 11 is 0. The predicted molar refractivity (Wildman–Crippen MR) is 60.0 cm³/mol. The second-order valence-corrected chi connectivity index (χ2v) is 4.06. The maximum atomic E-state index is 11.8. The summed E-state index contributed by atoms with van der Waals surface area (Å²) in [4.78, 5) is 11.8. The molecule has 1 aromatic rings. The average Bonchev–Trinajstić information content (AvgIpc) is 2.33. The third-order valence-corrected chi connectivity index (χ3v) is 2.89. The number of methoxy groups -OCH3 is 1. The van der Waals surface area contributed by atoms with E-state index in [0.29, 0.717) is 13.0 Å². The predicted octanol–water partition coefficient (Wildman–Crippen LogP) is 1.81. The fraction of sp³-hybridized carbons (Fsp3) is 0.462. The first-order chi connectivity index (χ1) is 7.79. The zero-order valence-corrected chi connectivity index (χ0v) is 9.39. The molecule has 0 bridgehead atoms. The Kier molecular flexibility index (Phi) is 3.70. The minimum atomic E-state index is -0.348. The topological polar surface area (TPSA) is 35.5 Å². The first-order valence-corrected chi connectivity index (χ1v) is 5.50. The van der Waals surface area contributed by atoms with E-state index in [1.165, 1.54) is 5.56 Å². The Morgan fingerprint density at radius 3 is 2.75 bits per heavy atom. The Hall–Kier alpha value is -1.19. The van der Waals surface area contributed by atoms with Crippen LogP contribution in [0.15, 0.2) is 30.3 Å². The lowest BCUT2D eigenvalue weighted by Gasteiger charge is -2.26. The van der Waals surface area contributed by atoms with Crippen LogP contribution in [0.25, 0.3) is 0 Å². The Labute approximate surface area is 95.4 Å². The van der Waals surface area contributed by atoms with Crippen LogP contribution in [0, 0.1) is 5.92 Å². The minimum Gasteiger partial charge on any atom is -0.355 e. The first kappa shape index (κ1) is 11.3. The number of ketones is 1. The van der Waals surface area contributed by atoms with Gasteiger partial charge in [-0.3, -0.25) is 4.79 Å². The van der Waals surface area contributed by atoms with Gasteiger partial charge in [-0.15, -0.1) is 0 Å². The highest BCUT2D eigenvalue weighted by Crippen LogP contribution is 2.19. The molecular weight excluding hydrogens is 204 g/mol. The molecule has 1 heterocycles. The van der Waals surface area contributed by atoms with Crippen molar-refractivity contribution in [2.45, 2.75) is 19.1 Å². The average molecular weight is 220 g/mol. The molecule has 2 rings (SSSR count). The van der Waals surface area contributed by atoms with Gasteiger partial charge in [-0.2, -0.15) is 0 Å². The van der Waals surface area contributed by atoms with E-state index < -0.39 is 0 Å². The highest BCUT2D eigenvalue weighted by Gasteiger charge is 2.29. The monoisotopic (exact) mass is 220 g/mol. The van der Waals surface area contributed by atoms with Crippen molar-refractivity contribution in [3.8, 4) is 0 Å². The van der Waals surface area contributed by atoms with E-state index in [9.17, 15) is 4.79 Å². The van der Waals surface area contributed by atoms with Crippen molar-refractivity contribution in [2.75, 3.05) is 13.7 Å². The summed E-state index contributed by atoms with van der Waals surface area (Å²) < 4.78 is 10.5. The Bertz CT molecular complexity index is 347. The minimum absolute atomic E-state index is 0.0196. The fourth-order valence-corrected chi connectivity index (χ4v) is 1.93. The third kappa shape index (κ3) is 2.68. The molecule has 0 radical (unpaired) electrons. The molecule has 0 spiro atoms. The lowest BCUT2D eigenvalue weighted by Crippen LogP contribution is -2.35. The molecule has 1 saturated heterocycles. The number of hydrogen-bond acceptors (Lipinski definition) is 3. The van der Waals surface area contributed by atoms with E-state index in [-0.39, 0.29) is 18.0 Å². The molecule has 1 aliphatic heterocycles. The number of ether oxygens (including phenoxy) is 2. The van der Waals surface area contributed by atoms with Gasteiger partial charge in [-0.25, -0.2) is 0 Å². The van der Waals surface area contributed by atoms with Gasteiger partial charge in [0.25, 0.3) is 0 Å². The van der Waals surface area contributed by atoms with Crippen molar-refractivity contribution in [2.24, 2.45) is 5.92 Å². The number of benzene rings is 1. The summed E-state index contributed by atoms with van der Waals surface area (Å²) in [5.41, 5.74) is 1.18. The smallest absolute Gasteiger partial charge is 0.164 e. The molecular formula is C13H16O3. The van der Waals surface area contributed by atoms with Crippen molar-refractivity contribution < 1.29 is 14.3 Å². The van der Waals surface area contributed by atoms with Crippen LogP contribution in [0.1, 0.15) is 12.0 Å². The molecule has 0 amide bonds. The van der Waals surface area contributed by atoms with Crippen LogP contribution in [-0.4, -0.2) is 25.8 Å². The Morgan fingerprint density at radius 1 is 1.38 bits per heavy atom. The molecule has 1 fully saturated rings. The second kappa shape index (κ2) is 5.23. The van der Waals surface area contributed by atoms with Crippen LogP contribution in [0.4, 0.5) is 0 Å². The standard InChI is InChI=1S/C13H16O3/c1-15-13-8-12(14)11(9-16-13)7-10-5-3-2-4-6-10/h2-6,11,13H,7-9H2,1H3/t11-,13+/m1/s1. The lowest BCUT2D eigenvalue weighted by atomic mass is 9.92. The zero-order chi connectivity index (χ0) is 11.4. The number of carbonyl (C=O) groups excluding carboxylic acids is 1. The molecule has 0 aromatic heterocycles. The maximum absolute atomic E-state index is 11.8. The zero-order valence-electron chi connectivity index (χ0n) is 9.39. The van der Waals surface area contributed by atoms with E-state index >= 15 is 0 Å². The van der Waals surface area contributed by atoms with Crippen LogP contribution < -0.4 is 0 Å². The molecule has 86 valence electrons. The molecule has 1 aromatic carbocycles. The summed E-state index contributed by atoms with van der Waals surface area (Å²) in [7, 11) is 1.56. The van der Waals surface area contributed by atoms with Crippen LogP contribution in [0.5, 0.6) is 0 Å². The van der Waals surface area contributed by atoms with Gasteiger partial charge in [0, 0.05) is 13.0 Å². The van der Waals surface area contributed by atoms with Gasteiger partial charge in [0.15, 0.2) is 6.29 Å². The van der Waals surface area contributed by atoms with E-state index in [2.05, 4.69) is 0 Å². The molecule has 1 aliphatic rings. The van der Waals surface area contributed by atoms with E-state index in [4.69, 9.17) is 9.47 Å². The summed E-state index contributed by atoms with van der Waals surface area (Å²) in [6, 6.07) is 10.0. The number of rotatable bonds is 3. The third-order valence-electron chi connectivity index (χ3n) is 2.89. The number of Topliss-reactive ketones (excluding diaryl/α,β-unsaturated/α-hetero) is 1. The van der Waals surface area contributed by atoms with E-state index in [1.807, 2.05) is 30.3 Å². The number of carbonyl (C=O) groups is 1. The van der Waals surface area contributed by atoms with Crippen molar-refractivity contribution in [3.05, 3.63) is 35.9 Å². The molecule has 3 nitrogen and oxygen atoms in total. The maximum Gasteiger partial charge on any atom is 0.164 e. The molecule has 0 unspecified atom stereocenters. The second-order valence-electron chi connectivity index (χ2n) is 4.06. The normalized spacial score (nSPS) is 25.7. The molecule has 3 heteroatoms. The first-order valence-electron chi connectivity index (χ1n) is 5.50. The summed E-state index contributed by atoms with van der Waals surface area (Å²) in [6.07, 6.45) is 0.781. The van der Waals surface area contributed by atoms with E-state index in [0.717, 1.165) is 6.42 Å². The Morgan fingerprint density at radius 2 is 2.12 bits per heavy atom. The quantitative estimate of drug-likeness (QED) is 0.779. The summed E-state index contributed by atoms with van der Waals surface area (Å²) in [5.74, 6) is 0.218. The summed E-state index contributed by atoms with van der Waals surface area (Å²) in [5, 5.41) is 0. The van der Waals surface area contributed by atoms with Gasteiger partial charge < -0.3 is 9.47 Å². The largest absolute Gasteiger partial charge is 0.355 e. The van der Waals surface area contributed by atoms with Crippen molar-refractivity contribution in [1.82, 2.24) is 0 Å². The molecule has 2 atom stereocenters.